The molecule has 0 atom stereocenters. The Kier molecular flexibility index (Phi) is 5.11. The molecular weight excluding hydrogens is 370 g/mol. The van der Waals surface area contributed by atoms with Crippen LogP contribution in [0, 0.1) is 0 Å². The first-order chi connectivity index (χ1) is 14.1. The molecule has 0 bridgehead atoms. The number of amides is 1. The molecule has 0 aliphatic carbocycles. The summed E-state index contributed by atoms with van der Waals surface area (Å²) in [7, 11) is 0. The second-order valence-corrected chi connectivity index (χ2v) is 6.58. The molecule has 0 saturated heterocycles. The van der Waals surface area contributed by atoms with E-state index in [0.717, 1.165) is 22.2 Å². The van der Waals surface area contributed by atoms with Crippen LogP contribution in [0.1, 0.15) is 18.4 Å². The molecule has 0 aliphatic rings. The standard InChI is InChI=1S/C22H19N3O4/c26-20(10-11-21(27)28)23-13-16-14-25(17-7-2-1-3-8-17)24-22(16)19-12-15-6-4-5-9-18(15)29-19/h1-9,12,14H,10-11,13H2,(H,23,26)(H,27,28)/p-1. The fraction of sp³-hybridized carbons (Fsp3) is 0.136. The molecule has 2 aromatic carbocycles. The number of furan rings is 1. The van der Waals surface area contributed by atoms with Gasteiger partial charge in [-0.3, -0.25) is 4.79 Å². The van der Waals surface area contributed by atoms with E-state index in [9.17, 15) is 14.7 Å². The zero-order valence-corrected chi connectivity index (χ0v) is 15.5. The lowest BCUT2D eigenvalue weighted by atomic mass is 10.2. The minimum atomic E-state index is -1.25. The Hall–Kier alpha value is -3.87. The first-order valence-corrected chi connectivity index (χ1v) is 9.19. The zero-order chi connectivity index (χ0) is 20.2. The summed E-state index contributed by atoms with van der Waals surface area (Å²) in [4.78, 5) is 22.5. The molecule has 2 heterocycles. The third kappa shape index (κ3) is 4.19. The Morgan fingerprint density at radius 2 is 1.79 bits per heavy atom. The maximum absolute atomic E-state index is 11.9. The molecule has 29 heavy (non-hydrogen) atoms. The molecule has 0 saturated carbocycles. The second-order valence-electron chi connectivity index (χ2n) is 6.58. The predicted octanol–water partition coefficient (Wildman–Crippen LogP) is 2.43. The number of nitrogens with zero attached hydrogens (tertiary/aromatic N) is 2. The fourth-order valence-electron chi connectivity index (χ4n) is 3.06. The quantitative estimate of drug-likeness (QED) is 0.524. The number of carboxylic acids is 1. The van der Waals surface area contributed by atoms with E-state index in [1.165, 1.54) is 0 Å². The summed E-state index contributed by atoms with van der Waals surface area (Å²) in [6, 6.07) is 19.2. The van der Waals surface area contributed by atoms with E-state index in [1.807, 2.05) is 66.9 Å². The lowest BCUT2D eigenvalue weighted by molar-refractivity contribution is -0.305. The van der Waals surface area contributed by atoms with Gasteiger partial charge in [0, 0.05) is 36.1 Å². The molecule has 7 heteroatoms. The number of carbonyl (C=O) groups excluding carboxylic acids is 2. The highest BCUT2D eigenvalue weighted by Crippen LogP contribution is 2.29. The maximum Gasteiger partial charge on any atom is 0.220 e. The van der Waals surface area contributed by atoms with Crippen molar-refractivity contribution in [2.45, 2.75) is 19.4 Å². The highest BCUT2D eigenvalue weighted by molar-refractivity contribution is 5.83. The number of fused-ring (bicyclic) bond motifs is 1. The summed E-state index contributed by atoms with van der Waals surface area (Å²) < 4.78 is 7.68. The number of aromatic nitrogens is 2. The van der Waals surface area contributed by atoms with Crippen LogP contribution < -0.4 is 10.4 Å². The summed E-state index contributed by atoms with van der Waals surface area (Å²) in [6.07, 6.45) is 1.39. The molecule has 2 aromatic heterocycles. The molecule has 146 valence electrons. The van der Waals surface area contributed by atoms with Gasteiger partial charge in [0.2, 0.25) is 5.91 Å². The van der Waals surface area contributed by atoms with Gasteiger partial charge in [-0.1, -0.05) is 36.4 Å². The number of nitrogens with one attached hydrogen (secondary N) is 1. The topological polar surface area (TPSA) is 100 Å². The van der Waals surface area contributed by atoms with Crippen LogP contribution in [0.15, 0.2) is 71.3 Å². The van der Waals surface area contributed by atoms with Crippen molar-refractivity contribution in [2.24, 2.45) is 0 Å². The smallest absolute Gasteiger partial charge is 0.220 e. The van der Waals surface area contributed by atoms with Gasteiger partial charge in [0.05, 0.1) is 5.69 Å². The van der Waals surface area contributed by atoms with Crippen molar-refractivity contribution in [3.63, 3.8) is 0 Å². The summed E-state index contributed by atoms with van der Waals surface area (Å²) in [5.74, 6) is -1.02. The van der Waals surface area contributed by atoms with Crippen molar-refractivity contribution in [3.05, 3.63) is 72.4 Å². The van der Waals surface area contributed by atoms with E-state index in [2.05, 4.69) is 10.4 Å². The van der Waals surface area contributed by atoms with Gasteiger partial charge >= 0.3 is 0 Å². The highest BCUT2D eigenvalue weighted by atomic mass is 16.4. The third-order valence-corrected chi connectivity index (χ3v) is 4.50. The summed E-state index contributed by atoms with van der Waals surface area (Å²) in [6.45, 7) is 0.199. The number of carbonyl (C=O) groups is 2. The molecule has 1 amide bonds. The van der Waals surface area contributed by atoms with Crippen molar-refractivity contribution in [2.75, 3.05) is 0 Å². The number of aliphatic carboxylic acids is 1. The van der Waals surface area contributed by atoms with Crippen LogP contribution in [0.2, 0.25) is 0 Å². The lowest BCUT2D eigenvalue weighted by Gasteiger charge is -2.05. The predicted molar refractivity (Wildman–Crippen MR) is 105 cm³/mol. The number of para-hydroxylation sites is 2. The largest absolute Gasteiger partial charge is 0.550 e. The Bertz CT molecular complexity index is 1130. The van der Waals surface area contributed by atoms with Crippen molar-refractivity contribution < 1.29 is 19.1 Å². The SMILES string of the molecule is O=C([O-])CCC(=O)NCc1cn(-c2ccccc2)nc1-c1cc2ccccc2o1. The molecule has 0 radical (unpaired) electrons. The number of hydrogen-bond acceptors (Lipinski definition) is 5. The molecule has 4 aromatic rings. The van der Waals surface area contributed by atoms with Crippen molar-refractivity contribution in [1.82, 2.24) is 15.1 Å². The first-order valence-electron chi connectivity index (χ1n) is 9.19. The zero-order valence-electron chi connectivity index (χ0n) is 15.5. The minimum absolute atomic E-state index is 0.130. The normalized spacial score (nSPS) is 10.9. The first kappa shape index (κ1) is 18.5. The van der Waals surface area contributed by atoms with Gasteiger partial charge in [0.1, 0.15) is 11.3 Å². The van der Waals surface area contributed by atoms with Crippen molar-refractivity contribution >= 4 is 22.8 Å². The molecule has 1 N–H and O–H groups in total. The average Bonchev–Trinajstić information content (AvgIpc) is 3.35. The lowest BCUT2D eigenvalue weighted by Crippen LogP contribution is -2.27. The van der Waals surface area contributed by atoms with Gasteiger partial charge in [-0.2, -0.15) is 5.10 Å². The van der Waals surface area contributed by atoms with E-state index in [4.69, 9.17) is 4.42 Å². The number of benzene rings is 2. The molecular formula is C22H18N3O4-. The molecule has 7 nitrogen and oxygen atoms in total. The van der Waals surface area contributed by atoms with E-state index >= 15 is 0 Å². The third-order valence-electron chi connectivity index (χ3n) is 4.50. The number of hydrogen-bond donors (Lipinski definition) is 1. The van der Waals surface area contributed by atoms with Crippen LogP contribution in [0.5, 0.6) is 0 Å². The Labute approximate surface area is 166 Å². The van der Waals surface area contributed by atoms with Gasteiger partial charge in [-0.05, 0) is 30.7 Å². The monoisotopic (exact) mass is 388 g/mol. The van der Waals surface area contributed by atoms with Gasteiger partial charge in [-0.25, -0.2) is 4.68 Å². The van der Waals surface area contributed by atoms with Crippen LogP contribution in [0.4, 0.5) is 0 Å². The van der Waals surface area contributed by atoms with Crippen LogP contribution in [-0.2, 0) is 16.1 Å². The number of carboxylic acid groups (broad SMARTS) is 1. The highest BCUT2D eigenvalue weighted by Gasteiger charge is 2.17. The molecule has 0 unspecified atom stereocenters. The van der Waals surface area contributed by atoms with Gasteiger partial charge < -0.3 is 19.6 Å². The van der Waals surface area contributed by atoms with Gasteiger partial charge in [0.15, 0.2) is 5.76 Å². The molecule has 0 spiro atoms. The minimum Gasteiger partial charge on any atom is -0.550 e. The second kappa shape index (κ2) is 8.02. The Morgan fingerprint density at radius 1 is 1.03 bits per heavy atom. The van der Waals surface area contributed by atoms with Crippen molar-refractivity contribution in [1.29, 1.82) is 0 Å². The summed E-state index contributed by atoms with van der Waals surface area (Å²) >= 11 is 0. The van der Waals surface area contributed by atoms with E-state index in [-0.39, 0.29) is 25.3 Å². The Balaban J connectivity index is 1.65. The van der Waals surface area contributed by atoms with E-state index < -0.39 is 5.97 Å². The van der Waals surface area contributed by atoms with E-state index in [0.29, 0.717) is 11.5 Å². The molecule has 4 rings (SSSR count). The van der Waals surface area contributed by atoms with Crippen LogP contribution >= 0.6 is 0 Å². The van der Waals surface area contributed by atoms with Gasteiger partial charge in [0.25, 0.3) is 0 Å². The van der Waals surface area contributed by atoms with Crippen LogP contribution in [-0.4, -0.2) is 21.7 Å². The van der Waals surface area contributed by atoms with Gasteiger partial charge in [-0.15, -0.1) is 0 Å². The Morgan fingerprint density at radius 3 is 2.55 bits per heavy atom. The fourth-order valence-corrected chi connectivity index (χ4v) is 3.06. The van der Waals surface area contributed by atoms with Crippen LogP contribution in [0.3, 0.4) is 0 Å². The molecule has 0 fully saturated rings. The maximum atomic E-state index is 11.9. The average molecular weight is 388 g/mol. The molecule has 0 aliphatic heterocycles. The van der Waals surface area contributed by atoms with E-state index in [1.54, 1.807) is 4.68 Å². The van der Waals surface area contributed by atoms with Crippen LogP contribution in [0.25, 0.3) is 28.1 Å². The number of rotatable bonds is 7. The summed E-state index contributed by atoms with van der Waals surface area (Å²) in [5, 5.41) is 18.9. The van der Waals surface area contributed by atoms with Crippen molar-refractivity contribution in [3.8, 4) is 17.1 Å². The summed E-state index contributed by atoms with van der Waals surface area (Å²) in [5.41, 5.74) is 3.00.